The number of thioether (sulfide) groups is 1. The molecule has 2 atom stereocenters. The fourth-order valence-corrected chi connectivity index (χ4v) is 4.23. The Labute approximate surface area is 131 Å². The number of carbonyl (C=O) groups excluding carboxylic acids is 1. The second-order valence-corrected chi connectivity index (χ2v) is 6.54. The summed E-state index contributed by atoms with van der Waals surface area (Å²) in [5.74, 6) is -0.346. The van der Waals surface area contributed by atoms with E-state index in [2.05, 4.69) is 4.99 Å². The predicted molar refractivity (Wildman–Crippen MR) is 82.4 cm³/mol. The van der Waals surface area contributed by atoms with Crippen LogP contribution in [0.15, 0.2) is 29.3 Å². The molecule has 2 heterocycles. The number of nitrogens with zero attached hydrogens (tertiary/aromatic N) is 2. The Morgan fingerprint density at radius 3 is 2.95 bits per heavy atom. The first-order chi connectivity index (χ1) is 10.1. The van der Waals surface area contributed by atoms with Crippen molar-refractivity contribution in [1.82, 2.24) is 4.90 Å². The van der Waals surface area contributed by atoms with Crippen molar-refractivity contribution in [3.05, 3.63) is 34.9 Å². The summed E-state index contributed by atoms with van der Waals surface area (Å²) in [6.45, 7) is 1.29. The van der Waals surface area contributed by atoms with Crippen molar-refractivity contribution in [1.29, 1.82) is 0 Å². The molecule has 1 saturated heterocycles. The number of ether oxygens (including phenoxy) is 1. The molecule has 1 aromatic carbocycles. The molecule has 0 aromatic heterocycles. The van der Waals surface area contributed by atoms with E-state index in [-0.39, 0.29) is 17.6 Å². The van der Waals surface area contributed by atoms with E-state index in [1.165, 1.54) is 18.9 Å². The number of aliphatic hydroxyl groups is 1. The summed E-state index contributed by atoms with van der Waals surface area (Å²) < 4.78 is 4.74. The summed E-state index contributed by atoms with van der Waals surface area (Å²) >= 11 is 7.34. The number of hydrogen-bond acceptors (Lipinski definition) is 6. The van der Waals surface area contributed by atoms with Crippen molar-refractivity contribution >= 4 is 34.5 Å². The smallest absolute Gasteiger partial charge is 0.306 e. The van der Waals surface area contributed by atoms with Crippen LogP contribution in [-0.2, 0) is 15.3 Å². The number of hydrogen-bond donors (Lipinski definition) is 1. The maximum Gasteiger partial charge on any atom is 0.306 e. The molecular formula is C14H15ClN2O3S. The van der Waals surface area contributed by atoms with Gasteiger partial charge in [-0.2, -0.15) is 0 Å². The minimum Gasteiger partial charge on any atom is -0.469 e. The molecular weight excluding hydrogens is 312 g/mol. The summed E-state index contributed by atoms with van der Waals surface area (Å²) in [7, 11) is 1.35. The van der Waals surface area contributed by atoms with Gasteiger partial charge in [0.15, 0.2) is 10.9 Å². The molecule has 1 fully saturated rings. The molecule has 0 amide bonds. The molecule has 21 heavy (non-hydrogen) atoms. The third-order valence-corrected chi connectivity index (χ3v) is 5.35. The summed E-state index contributed by atoms with van der Waals surface area (Å²) in [4.78, 5) is 17.9. The van der Waals surface area contributed by atoms with Crippen LogP contribution in [0.5, 0.6) is 0 Å². The molecule has 112 valence electrons. The first kappa shape index (κ1) is 14.7. The fraction of sp³-hybridized carbons (Fsp3) is 0.429. The number of aliphatic imine (C=N–C) groups is 1. The van der Waals surface area contributed by atoms with E-state index in [1.54, 1.807) is 24.3 Å². The van der Waals surface area contributed by atoms with Crippen LogP contribution < -0.4 is 0 Å². The summed E-state index contributed by atoms with van der Waals surface area (Å²) in [6, 6.07) is 7.04. The zero-order valence-electron chi connectivity index (χ0n) is 11.5. The van der Waals surface area contributed by atoms with Crippen molar-refractivity contribution in [3.8, 4) is 0 Å². The van der Waals surface area contributed by atoms with E-state index < -0.39 is 5.72 Å². The minimum absolute atomic E-state index is 0.121. The zero-order valence-corrected chi connectivity index (χ0v) is 13.0. The van der Waals surface area contributed by atoms with Crippen LogP contribution in [0.2, 0.25) is 5.02 Å². The first-order valence-electron chi connectivity index (χ1n) is 6.59. The maximum atomic E-state index is 11.6. The third kappa shape index (κ3) is 2.41. The van der Waals surface area contributed by atoms with Crippen molar-refractivity contribution in [2.75, 3.05) is 20.2 Å². The van der Waals surface area contributed by atoms with Gasteiger partial charge in [-0.1, -0.05) is 35.5 Å². The van der Waals surface area contributed by atoms with E-state index in [0.29, 0.717) is 23.7 Å². The lowest BCUT2D eigenvalue weighted by Crippen LogP contribution is -2.48. The maximum absolute atomic E-state index is 11.6. The van der Waals surface area contributed by atoms with Gasteiger partial charge in [-0.05, 0) is 12.1 Å². The lowest BCUT2D eigenvalue weighted by atomic mass is 9.95. The molecule has 0 radical (unpaired) electrons. The molecule has 5 nitrogen and oxygen atoms in total. The van der Waals surface area contributed by atoms with Gasteiger partial charge in [0.05, 0.1) is 25.3 Å². The average molecular weight is 327 g/mol. The summed E-state index contributed by atoms with van der Waals surface area (Å²) in [5, 5.41) is 12.3. The normalized spacial score (nSPS) is 27.5. The van der Waals surface area contributed by atoms with Gasteiger partial charge in [0, 0.05) is 17.1 Å². The number of esters is 1. The first-order valence-corrected chi connectivity index (χ1v) is 7.85. The van der Waals surface area contributed by atoms with E-state index in [0.717, 1.165) is 5.17 Å². The molecule has 2 aliphatic rings. The van der Waals surface area contributed by atoms with E-state index in [9.17, 15) is 9.90 Å². The SMILES string of the molecule is COC(=O)CC1SC2=NCCN2C1(O)c1ccc(Cl)cc1. The lowest BCUT2D eigenvalue weighted by molar-refractivity contribution is -0.143. The quantitative estimate of drug-likeness (QED) is 0.859. The number of fused-ring (bicyclic) bond motifs is 1. The Morgan fingerprint density at radius 2 is 2.29 bits per heavy atom. The predicted octanol–water partition coefficient (Wildman–Crippen LogP) is 1.84. The van der Waals surface area contributed by atoms with Gasteiger partial charge in [0.25, 0.3) is 0 Å². The zero-order chi connectivity index (χ0) is 15.0. The Bertz CT molecular complexity index is 592. The highest BCUT2D eigenvalue weighted by molar-refractivity contribution is 8.14. The third-order valence-electron chi connectivity index (χ3n) is 3.76. The molecule has 7 heteroatoms. The van der Waals surface area contributed by atoms with Gasteiger partial charge in [-0.15, -0.1) is 0 Å². The standard InChI is InChI=1S/C14H15ClN2O3S/c1-20-12(18)8-11-14(19,9-2-4-10(15)5-3-9)17-7-6-16-13(17)21-11/h2-5,11,19H,6-8H2,1H3. The molecule has 0 aliphatic carbocycles. The van der Waals surface area contributed by atoms with Gasteiger partial charge in [-0.25, -0.2) is 0 Å². The van der Waals surface area contributed by atoms with Gasteiger partial charge >= 0.3 is 5.97 Å². The molecule has 1 aromatic rings. The number of carbonyl (C=O) groups is 1. The fourth-order valence-electron chi connectivity index (χ4n) is 2.68. The van der Waals surface area contributed by atoms with Crippen LogP contribution in [0.3, 0.4) is 0 Å². The van der Waals surface area contributed by atoms with Gasteiger partial charge in [0.1, 0.15) is 0 Å². The second kappa shape index (κ2) is 5.51. The second-order valence-electron chi connectivity index (χ2n) is 4.94. The molecule has 1 N–H and O–H groups in total. The number of methoxy groups -OCH3 is 1. The van der Waals surface area contributed by atoms with E-state index in [1.807, 2.05) is 4.90 Å². The van der Waals surface area contributed by atoms with Crippen LogP contribution in [-0.4, -0.2) is 46.6 Å². The number of amidine groups is 1. The van der Waals surface area contributed by atoms with Crippen LogP contribution >= 0.6 is 23.4 Å². The lowest BCUT2D eigenvalue weighted by Gasteiger charge is -2.36. The van der Waals surface area contributed by atoms with Gasteiger partial charge in [-0.3, -0.25) is 9.79 Å². The molecule has 0 bridgehead atoms. The number of halogens is 1. The van der Waals surface area contributed by atoms with E-state index >= 15 is 0 Å². The molecule has 3 rings (SSSR count). The van der Waals surface area contributed by atoms with Crippen molar-refractivity contribution in [2.45, 2.75) is 17.4 Å². The van der Waals surface area contributed by atoms with Crippen LogP contribution in [0.1, 0.15) is 12.0 Å². The highest BCUT2D eigenvalue weighted by atomic mass is 35.5. The molecule has 0 saturated carbocycles. The average Bonchev–Trinajstić information content (AvgIpc) is 3.03. The number of benzene rings is 1. The Balaban J connectivity index is 1.99. The van der Waals surface area contributed by atoms with Crippen LogP contribution in [0, 0.1) is 0 Å². The molecule has 0 spiro atoms. The highest BCUT2D eigenvalue weighted by Crippen LogP contribution is 2.48. The largest absolute Gasteiger partial charge is 0.469 e. The van der Waals surface area contributed by atoms with Crippen molar-refractivity contribution < 1.29 is 14.6 Å². The van der Waals surface area contributed by atoms with Crippen molar-refractivity contribution in [3.63, 3.8) is 0 Å². The van der Waals surface area contributed by atoms with Gasteiger partial charge < -0.3 is 14.7 Å². The monoisotopic (exact) mass is 326 g/mol. The number of rotatable bonds is 3. The topological polar surface area (TPSA) is 62.1 Å². The molecule has 2 unspecified atom stereocenters. The Kier molecular flexibility index (Phi) is 3.86. The van der Waals surface area contributed by atoms with Crippen molar-refractivity contribution in [2.24, 2.45) is 4.99 Å². The van der Waals surface area contributed by atoms with Gasteiger partial charge in [0.2, 0.25) is 0 Å². The Morgan fingerprint density at radius 1 is 1.57 bits per heavy atom. The summed E-state index contributed by atoms with van der Waals surface area (Å²) in [6.07, 6.45) is 0.121. The Hall–Kier alpha value is -1.24. The van der Waals surface area contributed by atoms with Crippen LogP contribution in [0.4, 0.5) is 0 Å². The van der Waals surface area contributed by atoms with E-state index in [4.69, 9.17) is 16.3 Å². The highest BCUT2D eigenvalue weighted by Gasteiger charge is 2.54. The summed E-state index contributed by atoms with van der Waals surface area (Å²) in [5.41, 5.74) is -0.556. The minimum atomic E-state index is -1.27. The van der Waals surface area contributed by atoms with Crippen LogP contribution in [0.25, 0.3) is 0 Å². The molecule has 2 aliphatic heterocycles.